The van der Waals surface area contributed by atoms with E-state index in [-0.39, 0.29) is 5.91 Å². The number of nitrogens with zero attached hydrogens (tertiary/aromatic N) is 2. The number of aromatic nitrogens is 1. The van der Waals surface area contributed by atoms with Gasteiger partial charge in [-0.3, -0.25) is 9.69 Å². The van der Waals surface area contributed by atoms with Gasteiger partial charge in [0.25, 0.3) is 0 Å². The minimum absolute atomic E-state index is 0.0277. The van der Waals surface area contributed by atoms with Crippen LogP contribution in [-0.4, -0.2) is 17.9 Å². The first kappa shape index (κ1) is 13.7. The largest absolute Gasteiger partial charge is 0.300 e. The SMILES string of the molecule is Cc1ccccc1CC(=O)N(C)c1cc(Br)ccn1. The first-order chi connectivity index (χ1) is 9.08. The molecule has 0 aliphatic rings. The van der Waals surface area contributed by atoms with Crippen molar-refractivity contribution in [1.82, 2.24) is 4.98 Å². The molecular weight excluding hydrogens is 304 g/mol. The van der Waals surface area contributed by atoms with Crippen LogP contribution in [0.2, 0.25) is 0 Å². The lowest BCUT2D eigenvalue weighted by Crippen LogP contribution is -2.28. The molecule has 1 aromatic heterocycles. The topological polar surface area (TPSA) is 33.2 Å². The number of likely N-dealkylation sites (N-methyl/N-ethyl adjacent to an activating group) is 1. The van der Waals surface area contributed by atoms with E-state index < -0.39 is 0 Å². The average molecular weight is 319 g/mol. The van der Waals surface area contributed by atoms with Crippen molar-refractivity contribution >= 4 is 27.7 Å². The fourth-order valence-corrected chi connectivity index (χ4v) is 2.12. The van der Waals surface area contributed by atoms with E-state index in [0.29, 0.717) is 12.2 Å². The van der Waals surface area contributed by atoms with Crippen LogP contribution in [0.25, 0.3) is 0 Å². The van der Waals surface area contributed by atoms with E-state index in [9.17, 15) is 4.79 Å². The summed E-state index contributed by atoms with van der Waals surface area (Å²) in [5.41, 5.74) is 2.18. The van der Waals surface area contributed by atoms with Crippen molar-refractivity contribution in [3.63, 3.8) is 0 Å². The third kappa shape index (κ3) is 3.41. The Morgan fingerprint density at radius 3 is 2.74 bits per heavy atom. The van der Waals surface area contributed by atoms with Gasteiger partial charge in [0.1, 0.15) is 5.82 Å². The van der Waals surface area contributed by atoms with Crippen LogP contribution < -0.4 is 4.90 Å². The highest BCUT2D eigenvalue weighted by molar-refractivity contribution is 9.10. The van der Waals surface area contributed by atoms with Gasteiger partial charge in [-0.1, -0.05) is 40.2 Å². The maximum absolute atomic E-state index is 12.2. The van der Waals surface area contributed by atoms with E-state index in [1.54, 1.807) is 18.1 Å². The highest BCUT2D eigenvalue weighted by Crippen LogP contribution is 2.17. The van der Waals surface area contributed by atoms with Gasteiger partial charge in [0.15, 0.2) is 0 Å². The summed E-state index contributed by atoms with van der Waals surface area (Å²) in [7, 11) is 1.75. The second-order valence-corrected chi connectivity index (χ2v) is 5.30. The van der Waals surface area contributed by atoms with Gasteiger partial charge in [-0.05, 0) is 30.2 Å². The number of benzene rings is 1. The molecule has 0 saturated carbocycles. The lowest BCUT2D eigenvalue weighted by molar-refractivity contribution is -0.117. The molecular formula is C15H15BrN2O. The number of hydrogen-bond acceptors (Lipinski definition) is 2. The minimum Gasteiger partial charge on any atom is -0.300 e. The summed E-state index contributed by atoms with van der Waals surface area (Å²) in [5, 5.41) is 0. The van der Waals surface area contributed by atoms with Crippen molar-refractivity contribution in [2.75, 3.05) is 11.9 Å². The number of halogens is 1. The lowest BCUT2D eigenvalue weighted by atomic mass is 10.1. The van der Waals surface area contributed by atoms with Gasteiger partial charge >= 0.3 is 0 Å². The average Bonchev–Trinajstić information content (AvgIpc) is 2.40. The summed E-state index contributed by atoms with van der Waals surface area (Å²) in [6.45, 7) is 2.01. The Bertz CT molecular complexity index is 598. The second kappa shape index (κ2) is 5.97. The molecule has 0 saturated heterocycles. The summed E-state index contributed by atoms with van der Waals surface area (Å²) in [4.78, 5) is 18.0. The number of anilines is 1. The molecule has 1 heterocycles. The van der Waals surface area contributed by atoms with E-state index in [4.69, 9.17) is 0 Å². The van der Waals surface area contributed by atoms with Crippen molar-refractivity contribution < 1.29 is 4.79 Å². The molecule has 0 N–H and O–H groups in total. The standard InChI is InChI=1S/C15H15BrN2O/c1-11-5-3-4-6-12(11)9-15(19)18(2)14-10-13(16)7-8-17-14/h3-8,10H,9H2,1-2H3. The number of hydrogen-bond donors (Lipinski definition) is 0. The molecule has 3 nitrogen and oxygen atoms in total. The normalized spacial score (nSPS) is 10.3. The number of aryl methyl sites for hydroxylation is 1. The van der Waals surface area contributed by atoms with Crippen LogP contribution in [0, 0.1) is 6.92 Å². The zero-order chi connectivity index (χ0) is 13.8. The van der Waals surface area contributed by atoms with Crippen molar-refractivity contribution in [3.05, 3.63) is 58.2 Å². The number of carbonyl (C=O) groups is 1. The molecule has 0 radical (unpaired) electrons. The number of rotatable bonds is 3. The molecule has 0 fully saturated rings. The van der Waals surface area contributed by atoms with Crippen molar-refractivity contribution in [3.8, 4) is 0 Å². The predicted octanol–water partition coefficient (Wildman–Crippen LogP) is 3.36. The Hall–Kier alpha value is -1.68. The first-order valence-corrected chi connectivity index (χ1v) is 6.80. The highest BCUT2D eigenvalue weighted by atomic mass is 79.9. The Balaban J connectivity index is 2.14. The van der Waals surface area contributed by atoms with Crippen LogP contribution in [0.4, 0.5) is 5.82 Å². The number of amides is 1. The molecule has 2 rings (SSSR count). The van der Waals surface area contributed by atoms with Crippen LogP contribution in [0.5, 0.6) is 0 Å². The maximum atomic E-state index is 12.2. The van der Waals surface area contributed by atoms with Gasteiger partial charge in [-0.15, -0.1) is 0 Å². The summed E-state index contributed by atoms with van der Waals surface area (Å²) in [5.74, 6) is 0.674. The van der Waals surface area contributed by atoms with Crippen LogP contribution in [0.3, 0.4) is 0 Å². The summed E-state index contributed by atoms with van der Waals surface area (Å²) in [6, 6.07) is 11.6. The molecule has 0 atom stereocenters. The summed E-state index contributed by atoms with van der Waals surface area (Å²) in [6.07, 6.45) is 2.06. The van der Waals surface area contributed by atoms with Gasteiger partial charge in [-0.25, -0.2) is 4.98 Å². The quantitative estimate of drug-likeness (QED) is 0.869. The van der Waals surface area contributed by atoms with Crippen LogP contribution >= 0.6 is 15.9 Å². The molecule has 4 heteroatoms. The van der Waals surface area contributed by atoms with E-state index >= 15 is 0 Å². The van der Waals surface area contributed by atoms with Crippen LogP contribution in [0.1, 0.15) is 11.1 Å². The van der Waals surface area contributed by atoms with Crippen molar-refractivity contribution in [1.29, 1.82) is 0 Å². The van der Waals surface area contributed by atoms with Gasteiger partial charge in [0.2, 0.25) is 5.91 Å². The van der Waals surface area contributed by atoms with Gasteiger partial charge in [0.05, 0.1) is 6.42 Å². The zero-order valence-electron chi connectivity index (χ0n) is 10.9. The van der Waals surface area contributed by atoms with Crippen molar-refractivity contribution in [2.45, 2.75) is 13.3 Å². The third-order valence-corrected chi connectivity index (χ3v) is 3.52. The van der Waals surface area contributed by atoms with Crippen LogP contribution in [-0.2, 0) is 11.2 Å². The molecule has 0 spiro atoms. The zero-order valence-corrected chi connectivity index (χ0v) is 12.5. The Kier molecular flexibility index (Phi) is 4.32. The molecule has 0 unspecified atom stereocenters. The Morgan fingerprint density at radius 2 is 2.05 bits per heavy atom. The monoisotopic (exact) mass is 318 g/mol. The molecule has 0 bridgehead atoms. The van der Waals surface area contributed by atoms with Crippen LogP contribution in [0.15, 0.2) is 47.1 Å². The molecule has 0 aliphatic carbocycles. The summed E-state index contributed by atoms with van der Waals surface area (Å²) >= 11 is 3.38. The molecule has 98 valence electrons. The van der Waals surface area contributed by atoms with Gasteiger partial charge in [0, 0.05) is 17.7 Å². The molecule has 1 aromatic carbocycles. The van der Waals surface area contributed by atoms with Crippen molar-refractivity contribution in [2.24, 2.45) is 0 Å². The Labute approximate surface area is 121 Å². The number of carbonyl (C=O) groups excluding carboxylic acids is 1. The van der Waals surface area contributed by atoms with Gasteiger partial charge in [-0.2, -0.15) is 0 Å². The van der Waals surface area contributed by atoms with E-state index in [2.05, 4.69) is 20.9 Å². The smallest absolute Gasteiger partial charge is 0.232 e. The molecule has 19 heavy (non-hydrogen) atoms. The maximum Gasteiger partial charge on any atom is 0.232 e. The third-order valence-electron chi connectivity index (χ3n) is 3.03. The fraction of sp³-hybridized carbons (Fsp3) is 0.200. The molecule has 2 aromatic rings. The summed E-state index contributed by atoms with van der Waals surface area (Å²) < 4.78 is 0.910. The molecule has 1 amide bonds. The predicted molar refractivity (Wildman–Crippen MR) is 80.2 cm³/mol. The van der Waals surface area contributed by atoms with E-state index in [1.807, 2.05) is 43.3 Å². The molecule has 0 aliphatic heterocycles. The first-order valence-electron chi connectivity index (χ1n) is 6.00. The van der Waals surface area contributed by atoms with Gasteiger partial charge < -0.3 is 0 Å². The second-order valence-electron chi connectivity index (χ2n) is 4.39. The minimum atomic E-state index is 0.0277. The van der Waals surface area contributed by atoms with E-state index in [1.165, 1.54) is 0 Å². The van der Waals surface area contributed by atoms with E-state index in [0.717, 1.165) is 15.6 Å². The fourth-order valence-electron chi connectivity index (χ4n) is 1.79. The Morgan fingerprint density at radius 1 is 1.32 bits per heavy atom. The lowest BCUT2D eigenvalue weighted by Gasteiger charge is -2.17. The highest BCUT2D eigenvalue weighted by Gasteiger charge is 2.13. The number of pyridine rings is 1.